The Morgan fingerprint density at radius 3 is 2.31 bits per heavy atom. The average Bonchev–Trinajstić information content (AvgIpc) is 2.71. The van der Waals surface area contributed by atoms with Crippen LogP contribution in [0.5, 0.6) is 0 Å². The van der Waals surface area contributed by atoms with E-state index >= 15 is 0 Å². The maximum absolute atomic E-state index is 13.4. The summed E-state index contributed by atoms with van der Waals surface area (Å²) in [5.41, 5.74) is 5.17. The van der Waals surface area contributed by atoms with E-state index in [2.05, 4.69) is 27.2 Å². The van der Waals surface area contributed by atoms with Crippen LogP contribution in [0.1, 0.15) is 22.8 Å². The molecule has 0 aromatic heterocycles. The summed E-state index contributed by atoms with van der Waals surface area (Å²) in [4.78, 5) is 16.1. The normalized spacial score (nSPS) is 16.5. The smallest absolute Gasteiger partial charge is 0.382 e. The molecule has 1 fully saturated rings. The Bertz CT molecular complexity index is 834. The van der Waals surface area contributed by atoms with Gasteiger partial charge in [-0.1, -0.05) is 24.3 Å². The molecule has 156 valence electrons. The van der Waals surface area contributed by atoms with E-state index in [9.17, 15) is 18.0 Å². The van der Waals surface area contributed by atoms with E-state index in [0.717, 1.165) is 32.2 Å². The van der Waals surface area contributed by atoms with Crippen molar-refractivity contribution in [3.8, 4) is 0 Å². The second kappa shape index (κ2) is 8.73. The second-order valence-corrected chi connectivity index (χ2v) is 7.18. The van der Waals surface area contributed by atoms with Gasteiger partial charge in [0.1, 0.15) is 0 Å². The van der Waals surface area contributed by atoms with Crippen molar-refractivity contribution in [3.63, 3.8) is 0 Å². The van der Waals surface area contributed by atoms with Crippen LogP contribution in [0.15, 0.2) is 48.5 Å². The number of piperazine rings is 1. The SMILES string of the molecule is CC(CNc1c(C(N)=O)cccc1C(F)(F)F)N1CCN(c2ccccc2)CC1. The summed E-state index contributed by atoms with van der Waals surface area (Å²) in [7, 11) is 0. The van der Waals surface area contributed by atoms with E-state index < -0.39 is 17.6 Å². The molecule has 1 aliphatic rings. The topological polar surface area (TPSA) is 61.6 Å². The van der Waals surface area contributed by atoms with Crippen LogP contribution in [0, 0.1) is 0 Å². The van der Waals surface area contributed by atoms with Gasteiger partial charge in [-0.05, 0) is 31.2 Å². The van der Waals surface area contributed by atoms with Gasteiger partial charge in [-0.25, -0.2) is 0 Å². The number of benzene rings is 2. The molecule has 3 N–H and O–H groups in total. The molecule has 0 bridgehead atoms. The molecule has 1 amide bonds. The molecule has 29 heavy (non-hydrogen) atoms. The van der Waals surface area contributed by atoms with Gasteiger partial charge in [-0.15, -0.1) is 0 Å². The number of halogens is 3. The number of para-hydroxylation sites is 2. The first kappa shape index (κ1) is 21.0. The lowest BCUT2D eigenvalue weighted by atomic mass is 10.1. The lowest BCUT2D eigenvalue weighted by Gasteiger charge is -2.39. The Kier molecular flexibility index (Phi) is 6.32. The Morgan fingerprint density at radius 2 is 1.72 bits per heavy atom. The molecule has 0 saturated carbocycles. The summed E-state index contributed by atoms with van der Waals surface area (Å²) >= 11 is 0. The van der Waals surface area contributed by atoms with Crippen LogP contribution in [-0.2, 0) is 6.18 Å². The molecular formula is C21H25F3N4O. The standard InChI is InChI=1S/C21H25F3N4O/c1-15(27-10-12-28(13-11-27)16-6-3-2-4-7-16)14-26-19-17(20(25)29)8-5-9-18(19)21(22,23)24/h2-9,15,26H,10-14H2,1H3,(H2,25,29). The van der Waals surface area contributed by atoms with Crippen LogP contribution >= 0.6 is 0 Å². The van der Waals surface area contributed by atoms with Crippen molar-refractivity contribution in [1.82, 2.24) is 4.90 Å². The highest BCUT2D eigenvalue weighted by Gasteiger charge is 2.35. The molecule has 1 aliphatic heterocycles. The van der Waals surface area contributed by atoms with Crippen molar-refractivity contribution < 1.29 is 18.0 Å². The minimum Gasteiger partial charge on any atom is -0.382 e. The van der Waals surface area contributed by atoms with Gasteiger partial charge in [0.05, 0.1) is 16.8 Å². The number of nitrogens with one attached hydrogen (secondary N) is 1. The van der Waals surface area contributed by atoms with Gasteiger partial charge in [0.15, 0.2) is 0 Å². The first-order valence-corrected chi connectivity index (χ1v) is 9.55. The molecule has 1 atom stereocenters. The summed E-state index contributed by atoms with van der Waals surface area (Å²) in [5.74, 6) is -0.886. The van der Waals surface area contributed by atoms with Crippen LogP contribution in [0.2, 0.25) is 0 Å². The van der Waals surface area contributed by atoms with Crippen molar-refractivity contribution in [2.75, 3.05) is 42.9 Å². The number of amides is 1. The fraction of sp³-hybridized carbons (Fsp3) is 0.381. The number of nitrogens with two attached hydrogens (primary N) is 1. The number of rotatable bonds is 6. The fourth-order valence-corrected chi connectivity index (χ4v) is 3.62. The van der Waals surface area contributed by atoms with Gasteiger partial charge in [0.25, 0.3) is 5.91 Å². The predicted octanol–water partition coefficient (Wildman–Crippen LogP) is 3.43. The quantitative estimate of drug-likeness (QED) is 0.772. The summed E-state index contributed by atoms with van der Waals surface area (Å²) in [5, 5.41) is 2.83. The van der Waals surface area contributed by atoms with Gasteiger partial charge in [0, 0.05) is 44.5 Å². The van der Waals surface area contributed by atoms with E-state index in [4.69, 9.17) is 5.73 Å². The molecule has 1 unspecified atom stereocenters. The van der Waals surface area contributed by atoms with Gasteiger partial charge in [0.2, 0.25) is 0 Å². The molecule has 0 spiro atoms. The molecule has 1 heterocycles. The van der Waals surface area contributed by atoms with Crippen molar-refractivity contribution in [1.29, 1.82) is 0 Å². The summed E-state index contributed by atoms with van der Waals surface area (Å²) in [6.07, 6.45) is -4.57. The van der Waals surface area contributed by atoms with Crippen LogP contribution < -0.4 is 16.0 Å². The fourth-order valence-electron chi connectivity index (χ4n) is 3.62. The zero-order valence-corrected chi connectivity index (χ0v) is 16.2. The Hall–Kier alpha value is -2.74. The van der Waals surface area contributed by atoms with E-state index in [0.29, 0.717) is 0 Å². The monoisotopic (exact) mass is 406 g/mol. The molecule has 5 nitrogen and oxygen atoms in total. The van der Waals surface area contributed by atoms with Crippen molar-refractivity contribution >= 4 is 17.3 Å². The highest BCUT2D eigenvalue weighted by molar-refractivity contribution is 5.99. The van der Waals surface area contributed by atoms with E-state index in [-0.39, 0.29) is 23.8 Å². The van der Waals surface area contributed by atoms with Crippen LogP contribution in [0.25, 0.3) is 0 Å². The highest BCUT2D eigenvalue weighted by Crippen LogP contribution is 2.36. The molecule has 0 aliphatic carbocycles. The van der Waals surface area contributed by atoms with Crippen molar-refractivity contribution in [3.05, 3.63) is 59.7 Å². The maximum Gasteiger partial charge on any atom is 0.418 e. The zero-order chi connectivity index (χ0) is 21.0. The summed E-state index contributed by atoms with van der Waals surface area (Å²) < 4.78 is 40.1. The summed E-state index contributed by atoms with van der Waals surface area (Å²) in [6, 6.07) is 13.6. The molecule has 2 aromatic rings. The first-order valence-electron chi connectivity index (χ1n) is 9.55. The third kappa shape index (κ3) is 5.00. The van der Waals surface area contributed by atoms with Crippen LogP contribution in [-0.4, -0.2) is 49.6 Å². The largest absolute Gasteiger partial charge is 0.418 e. The number of hydrogen-bond donors (Lipinski definition) is 2. The third-order valence-corrected chi connectivity index (χ3v) is 5.27. The second-order valence-electron chi connectivity index (χ2n) is 7.18. The number of primary amides is 1. The lowest BCUT2D eigenvalue weighted by molar-refractivity contribution is -0.137. The van der Waals surface area contributed by atoms with E-state index in [1.165, 1.54) is 17.8 Å². The number of carbonyl (C=O) groups excluding carboxylic acids is 1. The van der Waals surface area contributed by atoms with Crippen molar-refractivity contribution in [2.45, 2.75) is 19.1 Å². The van der Waals surface area contributed by atoms with Gasteiger partial charge in [-0.2, -0.15) is 13.2 Å². The Morgan fingerprint density at radius 1 is 1.07 bits per heavy atom. The maximum atomic E-state index is 13.4. The molecular weight excluding hydrogens is 381 g/mol. The van der Waals surface area contributed by atoms with Gasteiger partial charge < -0.3 is 16.0 Å². The third-order valence-electron chi connectivity index (χ3n) is 5.27. The number of anilines is 2. The average molecular weight is 406 g/mol. The first-order chi connectivity index (χ1) is 13.8. The van der Waals surface area contributed by atoms with E-state index in [1.807, 2.05) is 25.1 Å². The molecule has 0 radical (unpaired) electrons. The van der Waals surface area contributed by atoms with E-state index in [1.54, 1.807) is 0 Å². The molecule has 1 saturated heterocycles. The predicted molar refractivity (Wildman–Crippen MR) is 108 cm³/mol. The highest BCUT2D eigenvalue weighted by atomic mass is 19.4. The minimum absolute atomic E-state index is 0.00469. The Labute approximate surface area is 168 Å². The van der Waals surface area contributed by atoms with Crippen LogP contribution in [0.4, 0.5) is 24.5 Å². The molecule has 3 rings (SSSR count). The number of carbonyl (C=O) groups is 1. The lowest BCUT2D eigenvalue weighted by Crippen LogP contribution is -2.51. The van der Waals surface area contributed by atoms with Crippen molar-refractivity contribution in [2.24, 2.45) is 5.73 Å². The number of hydrogen-bond acceptors (Lipinski definition) is 4. The number of alkyl halides is 3. The molecule has 8 heteroatoms. The zero-order valence-electron chi connectivity index (χ0n) is 16.2. The number of nitrogens with zero attached hydrogens (tertiary/aromatic N) is 2. The Balaban J connectivity index is 1.64. The van der Waals surface area contributed by atoms with Crippen LogP contribution in [0.3, 0.4) is 0 Å². The van der Waals surface area contributed by atoms with Gasteiger partial charge >= 0.3 is 6.18 Å². The summed E-state index contributed by atoms with van der Waals surface area (Å²) in [6.45, 7) is 5.55. The van der Waals surface area contributed by atoms with Gasteiger partial charge in [-0.3, -0.25) is 9.69 Å². The molecule has 2 aromatic carbocycles. The minimum atomic E-state index is -4.57.